The largest absolute Gasteiger partial charge is 0.366 e. The minimum absolute atomic E-state index is 0.0856. The maximum Gasteiger partial charge on any atom is 0.251 e. The van der Waals surface area contributed by atoms with Crippen LogP contribution in [0.25, 0.3) is 0 Å². The molecule has 114 valence electrons. The molecule has 0 saturated carbocycles. The Morgan fingerprint density at radius 3 is 1.90 bits per heavy atom. The second-order valence-electron chi connectivity index (χ2n) is 4.84. The summed E-state index contributed by atoms with van der Waals surface area (Å²) in [5.74, 6) is -1.78. The van der Waals surface area contributed by atoms with Crippen LogP contribution in [0.4, 0.5) is 0 Å². The molecule has 0 unspecified atom stereocenters. The number of carbonyl (C=O) groups excluding carboxylic acids is 3. The van der Waals surface area contributed by atoms with E-state index in [1.165, 1.54) is 18.2 Å². The topological polar surface area (TPSA) is 115 Å². The average molecular weight is 291 g/mol. The fraction of sp³-hybridized carbons (Fsp3) is 0.400. The Morgan fingerprint density at radius 1 is 0.905 bits per heavy atom. The van der Waals surface area contributed by atoms with E-state index >= 15 is 0 Å². The molecule has 0 spiro atoms. The summed E-state index contributed by atoms with van der Waals surface area (Å²) in [6, 6.07) is 4.00. The first-order valence-corrected chi connectivity index (χ1v) is 6.98. The first-order valence-electron chi connectivity index (χ1n) is 6.98. The molecule has 6 nitrogen and oxygen atoms in total. The summed E-state index contributed by atoms with van der Waals surface area (Å²) in [5, 5.41) is 2.75. The lowest BCUT2D eigenvalue weighted by Gasteiger charge is -2.08. The van der Waals surface area contributed by atoms with Gasteiger partial charge < -0.3 is 16.8 Å². The van der Waals surface area contributed by atoms with Crippen molar-refractivity contribution in [1.29, 1.82) is 0 Å². The van der Waals surface area contributed by atoms with Crippen molar-refractivity contribution in [3.63, 3.8) is 0 Å². The van der Waals surface area contributed by atoms with Crippen LogP contribution in [0.3, 0.4) is 0 Å². The molecule has 0 aliphatic rings. The molecule has 6 heteroatoms. The lowest BCUT2D eigenvalue weighted by molar-refractivity contribution is 0.0953. The number of primary amides is 2. The van der Waals surface area contributed by atoms with E-state index in [0.29, 0.717) is 6.54 Å². The molecule has 0 atom stereocenters. The van der Waals surface area contributed by atoms with Crippen molar-refractivity contribution in [2.24, 2.45) is 11.5 Å². The number of nitrogens with one attached hydrogen (secondary N) is 1. The van der Waals surface area contributed by atoms with Gasteiger partial charge in [0.2, 0.25) is 11.8 Å². The number of hydrogen-bond donors (Lipinski definition) is 3. The quantitative estimate of drug-likeness (QED) is 0.625. The van der Waals surface area contributed by atoms with Crippen LogP contribution in [-0.4, -0.2) is 24.3 Å². The average Bonchev–Trinajstić information content (AvgIpc) is 2.46. The molecule has 0 saturated heterocycles. The third-order valence-corrected chi connectivity index (χ3v) is 3.08. The van der Waals surface area contributed by atoms with Gasteiger partial charge in [-0.3, -0.25) is 14.4 Å². The molecule has 0 aliphatic heterocycles. The lowest BCUT2D eigenvalue weighted by atomic mass is 10.0. The number of unbranched alkanes of at least 4 members (excludes halogenated alkanes) is 3. The SMILES string of the molecule is CCCCCCNC(=O)c1cc(C(N)=O)cc(C(N)=O)c1. The molecular formula is C15H21N3O3. The zero-order valence-electron chi connectivity index (χ0n) is 12.1. The van der Waals surface area contributed by atoms with Crippen molar-refractivity contribution in [1.82, 2.24) is 5.32 Å². The molecular weight excluding hydrogens is 270 g/mol. The van der Waals surface area contributed by atoms with Crippen molar-refractivity contribution < 1.29 is 14.4 Å². The number of amides is 3. The van der Waals surface area contributed by atoms with E-state index in [-0.39, 0.29) is 22.6 Å². The van der Waals surface area contributed by atoms with Gasteiger partial charge in [-0.15, -0.1) is 0 Å². The minimum Gasteiger partial charge on any atom is -0.366 e. The maximum absolute atomic E-state index is 12.0. The second-order valence-corrected chi connectivity index (χ2v) is 4.84. The summed E-state index contributed by atoms with van der Waals surface area (Å²) in [6.07, 6.45) is 4.18. The molecule has 0 aliphatic carbocycles. The Hall–Kier alpha value is -2.37. The smallest absolute Gasteiger partial charge is 0.251 e. The van der Waals surface area contributed by atoms with Gasteiger partial charge in [0.15, 0.2) is 0 Å². The summed E-state index contributed by atoms with van der Waals surface area (Å²) in [6.45, 7) is 2.66. The van der Waals surface area contributed by atoms with Crippen molar-refractivity contribution in [2.75, 3.05) is 6.54 Å². The van der Waals surface area contributed by atoms with Crippen LogP contribution in [0.2, 0.25) is 0 Å². The second kappa shape index (κ2) is 8.04. The van der Waals surface area contributed by atoms with E-state index in [9.17, 15) is 14.4 Å². The zero-order chi connectivity index (χ0) is 15.8. The van der Waals surface area contributed by atoms with Crippen LogP contribution in [0.5, 0.6) is 0 Å². The Balaban J connectivity index is 2.78. The van der Waals surface area contributed by atoms with E-state index < -0.39 is 11.8 Å². The highest BCUT2D eigenvalue weighted by molar-refractivity contribution is 6.03. The molecule has 0 bridgehead atoms. The van der Waals surface area contributed by atoms with Gasteiger partial charge in [-0.05, 0) is 24.6 Å². The fourth-order valence-corrected chi connectivity index (χ4v) is 1.90. The number of carbonyl (C=O) groups is 3. The highest BCUT2D eigenvalue weighted by Crippen LogP contribution is 2.10. The summed E-state index contributed by atoms with van der Waals surface area (Å²) in [5.41, 5.74) is 10.7. The van der Waals surface area contributed by atoms with Crippen LogP contribution in [0, 0.1) is 0 Å². The molecule has 0 heterocycles. The molecule has 5 N–H and O–H groups in total. The third-order valence-electron chi connectivity index (χ3n) is 3.08. The van der Waals surface area contributed by atoms with E-state index in [4.69, 9.17) is 11.5 Å². The third kappa shape index (κ3) is 5.25. The number of nitrogens with two attached hydrogens (primary N) is 2. The summed E-state index contributed by atoms with van der Waals surface area (Å²) >= 11 is 0. The molecule has 3 amide bonds. The van der Waals surface area contributed by atoms with E-state index in [0.717, 1.165) is 25.7 Å². The van der Waals surface area contributed by atoms with Gasteiger partial charge in [-0.1, -0.05) is 26.2 Å². The van der Waals surface area contributed by atoms with Crippen LogP contribution in [0.15, 0.2) is 18.2 Å². The van der Waals surface area contributed by atoms with Gasteiger partial charge >= 0.3 is 0 Å². The molecule has 21 heavy (non-hydrogen) atoms. The summed E-state index contributed by atoms with van der Waals surface area (Å²) in [4.78, 5) is 34.5. The number of hydrogen-bond acceptors (Lipinski definition) is 3. The number of rotatable bonds is 8. The summed E-state index contributed by atoms with van der Waals surface area (Å²) < 4.78 is 0. The van der Waals surface area contributed by atoms with Crippen LogP contribution >= 0.6 is 0 Å². The van der Waals surface area contributed by atoms with Gasteiger partial charge in [0.05, 0.1) is 0 Å². The van der Waals surface area contributed by atoms with Crippen molar-refractivity contribution >= 4 is 17.7 Å². The van der Waals surface area contributed by atoms with Gasteiger partial charge in [-0.2, -0.15) is 0 Å². The molecule has 0 radical (unpaired) electrons. The van der Waals surface area contributed by atoms with E-state index in [1.54, 1.807) is 0 Å². The standard InChI is InChI=1S/C15H21N3O3/c1-2-3-4-5-6-18-15(21)12-8-10(13(16)19)7-11(9-12)14(17)20/h7-9H,2-6H2,1H3,(H2,16,19)(H2,17,20)(H,18,21). The first-order chi connectivity index (χ1) is 9.95. The van der Waals surface area contributed by atoms with Crippen LogP contribution < -0.4 is 16.8 Å². The highest BCUT2D eigenvalue weighted by atomic mass is 16.2. The fourth-order valence-electron chi connectivity index (χ4n) is 1.90. The normalized spacial score (nSPS) is 10.1. The van der Waals surface area contributed by atoms with Gasteiger partial charge in [0.1, 0.15) is 0 Å². The predicted molar refractivity (Wildman–Crippen MR) is 80.0 cm³/mol. The molecule has 1 aromatic rings. The molecule has 1 aromatic carbocycles. The maximum atomic E-state index is 12.0. The van der Waals surface area contributed by atoms with Gasteiger partial charge in [0, 0.05) is 23.2 Å². The van der Waals surface area contributed by atoms with Gasteiger partial charge in [0.25, 0.3) is 5.91 Å². The Morgan fingerprint density at radius 2 is 1.43 bits per heavy atom. The predicted octanol–water partition coefficient (Wildman–Crippen LogP) is 1.19. The lowest BCUT2D eigenvalue weighted by Crippen LogP contribution is -2.26. The Bertz CT molecular complexity index is 509. The molecule has 0 aromatic heterocycles. The molecule has 0 fully saturated rings. The van der Waals surface area contributed by atoms with Crippen molar-refractivity contribution in [3.05, 3.63) is 34.9 Å². The van der Waals surface area contributed by atoms with Crippen LogP contribution in [0.1, 0.15) is 63.7 Å². The molecule has 1 rings (SSSR count). The number of benzene rings is 1. The highest BCUT2D eigenvalue weighted by Gasteiger charge is 2.13. The Labute approximate surface area is 123 Å². The van der Waals surface area contributed by atoms with Crippen molar-refractivity contribution in [3.8, 4) is 0 Å². The Kier molecular flexibility index (Phi) is 6.39. The van der Waals surface area contributed by atoms with Gasteiger partial charge in [-0.25, -0.2) is 0 Å². The minimum atomic E-state index is -0.713. The first kappa shape index (κ1) is 16.7. The van der Waals surface area contributed by atoms with E-state index in [1.807, 2.05) is 0 Å². The van der Waals surface area contributed by atoms with Crippen molar-refractivity contribution in [2.45, 2.75) is 32.6 Å². The zero-order valence-corrected chi connectivity index (χ0v) is 12.1. The monoisotopic (exact) mass is 291 g/mol. The van der Waals surface area contributed by atoms with Crippen LogP contribution in [-0.2, 0) is 0 Å². The summed E-state index contributed by atoms with van der Waals surface area (Å²) in [7, 11) is 0. The van der Waals surface area contributed by atoms with E-state index in [2.05, 4.69) is 12.2 Å².